The number of hydrogen-bond acceptors (Lipinski definition) is 5. The Bertz CT molecular complexity index is 1070. The number of sulfonamides is 1. The van der Waals surface area contributed by atoms with Crippen molar-refractivity contribution in [3.05, 3.63) is 24.0 Å². The predicted octanol–water partition coefficient (Wildman–Crippen LogP) is 3.19. The molecular formula is C24H36N4O4S. The largest absolute Gasteiger partial charge is 0.379 e. The zero-order chi connectivity index (χ0) is 23.4. The first kappa shape index (κ1) is 24.2. The number of amides is 1. The monoisotopic (exact) mass is 476 g/mol. The van der Waals surface area contributed by atoms with Gasteiger partial charge in [-0.15, -0.1) is 0 Å². The molecule has 1 aliphatic heterocycles. The molecule has 8 nitrogen and oxygen atoms in total. The molecule has 9 heteroatoms. The summed E-state index contributed by atoms with van der Waals surface area (Å²) in [5.74, 6) is 1.04. The van der Waals surface area contributed by atoms with Crippen LogP contribution in [0.4, 0.5) is 0 Å². The molecule has 1 saturated carbocycles. The Hall–Kier alpha value is -1.97. The third-order valence-electron chi connectivity index (χ3n) is 6.84. The van der Waals surface area contributed by atoms with Gasteiger partial charge in [-0.2, -0.15) is 4.31 Å². The fourth-order valence-corrected chi connectivity index (χ4v) is 6.56. The quantitative estimate of drug-likeness (QED) is 0.555. The van der Waals surface area contributed by atoms with E-state index in [9.17, 15) is 13.2 Å². The van der Waals surface area contributed by atoms with E-state index < -0.39 is 10.0 Å². The van der Waals surface area contributed by atoms with Crippen molar-refractivity contribution in [3.63, 3.8) is 0 Å². The lowest BCUT2D eigenvalue weighted by atomic mass is 10.1. The maximum absolute atomic E-state index is 13.1. The molecule has 33 heavy (non-hydrogen) atoms. The van der Waals surface area contributed by atoms with E-state index in [1.54, 1.807) is 12.1 Å². The normalized spacial score (nSPS) is 18.2. The Morgan fingerprint density at radius 1 is 1.18 bits per heavy atom. The van der Waals surface area contributed by atoms with Crippen LogP contribution in [0.3, 0.4) is 0 Å². The van der Waals surface area contributed by atoms with Crippen LogP contribution in [0.2, 0.25) is 0 Å². The summed E-state index contributed by atoms with van der Waals surface area (Å²) in [6.07, 6.45) is 6.54. The summed E-state index contributed by atoms with van der Waals surface area (Å²) in [7, 11) is -3.58. The van der Waals surface area contributed by atoms with E-state index >= 15 is 0 Å². The summed E-state index contributed by atoms with van der Waals surface area (Å²) in [4.78, 5) is 20.1. The van der Waals surface area contributed by atoms with Gasteiger partial charge in [0.1, 0.15) is 5.82 Å². The van der Waals surface area contributed by atoms with Gasteiger partial charge in [0.15, 0.2) is 0 Å². The third-order valence-corrected chi connectivity index (χ3v) is 8.74. The number of carbonyl (C=O) groups is 1. The molecule has 1 aliphatic carbocycles. The minimum absolute atomic E-state index is 0.190. The first-order valence-corrected chi connectivity index (χ1v) is 13.8. The highest BCUT2D eigenvalue weighted by Crippen LogP contribution is 2.26. The Morgan fingerprint density at radius 3 is 2.58 bits per heavy atom. The highest BCUT2D eigenvalue weighted by molar-refractivity contribution is 7.89. The molecule has 1 aromatic heterocycles. The Labute approximate surface area is 196 Å². The van der Waals surface area contributed by atoms with Crippen molar-refractivity contribution in [2.24, 2.45) is 0 Å². The Balaban J connectivity index is 1.56. The number of ether oxygens (including phenoxy) is 1. The Morgan fingerprint density at radius 2 is 1.91 bits per heavy atom. The molecule has 2 aliphatic rings. The van der Waals surface area contributed by atoms with Crippen LogP contribution in [0.25, 0.3) is 11.0 Å². The van der Waals surface area contributed by atoms with Crippen molar-refractivity contribution in [1.29, 1.82) is 0 Å². The lowest BCUT2D eigenvalue weighted by molar-refractivity contribution is -0.133. The van der Waals surface area contributed by atoms with Crippen molar-refractivity contribution in [2.75, 3.05) is 32.8 Å². The number of benzene rings is 1. The van der Waals surface area contributed by atoms with Crippen LogP contribution in [0.1, 0.15) is 58.2 Å². The molecule has 0 bridgehead atoms. The van der Waals surface area contributed by atoms with Gasteiger partial charge in [-0.1, -0.05) is 19.8 Å². The number of carbonyl (C=O) groups excluding carboxylic acids is 1. The molecule has 1 aromatic carbocycles. The first-order chi connectivity index (χ1) is 16.0. The average Bonchev–Trinajstić information content (AvgIpc) is 3.47. The summed E-state index contributed by atoms with van der Waals surface area (Å²) in [6.45, 7) is 7.27. The highest BCUT2D eigenvalue weighted by atomic mass is 32.2. The topological polar surface area (TPSA) is 84.7 Å². The van der Waals surface area contributed by atoms with E-state index in [4.69, 9.17) is 9.72 Å². The number of aromatic nitrogens is 2. The SMILES string of the molecule is CCCn1c(CCC(=O)N(CC)C2CCCC2)nc2cc(S(=O)(=O)N3CCOCC3)ccc21. The zero-order valence-electron chi connectivity index (χ0n) is 19.8. The van der Waals surface area contributed by atoms with Crippen molar-refractivity contribution in [3.8, 4) is 0 Å². The first-order valence-electron chi connectivity index (χ1n) is 12.3. The van der Waals surface area contributed by atoms with Gasteiger partial charge in [0, 0.05) is 45.1 Å². The van der Waals surface area contributed by atoms with Crippen molar-refractivity contribution >= 4 is 27.0 Å². The van der Waals surface area contributed by atoms with Gasteiger partial charge in [0.2, 0.25) is 15.9 Å². The van der Waals surface area contributed by atoms with Crippen LogP contribution in [-0.2, 0) is 32.5 Å². The van der Waals surface area contributed by atoms with Gasteiger partial charge in [-0.25, -0.2) is 13.4 Å². The van der Waals surface area contributed by atoms with Gasteiger partial charge in [-0.3, -0.25) is 4.79 Å². The zero-order valence-corrected chi connectivity index (χ0v) is 20.6. The van der Waals surface area contributed by atoms with E-state index in [1.165, 1.54) is 17.1 Å². The van der Waals surface area contributed by atoms with E-state index in [0.29, 0.717) is 50.7 Å². The van der Waals surface area contributed by atoms with Crippen LogP contribution < -0.4 is 0 Å². The second-order valence-corrected chi connectivity index (χ2v) is 10.9. The summed E-state index contributed by atoms with van der Waals surface area (Å²) >= 11 is 0. The van der Waals surface area contributed by atoms with Crippen LogP contribution >= 0.6 is 0 Å². The summed E-state index contributed by atoms with van der Waals surface area (Å²) < 4.78 is 35.1. The standard InChI is InChI=1S/C24H36N4O4S/c1-3-13-28-22-10-9-20(33(30,31)26-14-16-32-17-15-26)18-21(22)25-23(28)11-12-24(29)27(4-2)19-7-5-6-8-19/h9-10,18-19H,3-8,11-17H2,1-2H3. The molecule has 0 unspecified atom stereocenters. The maximum atomic E-state index is 13.1. The molecule has 4 rings (SSSR count). The summed E-state index contributed by atoms with van der Waals surface area (Å²) in [5, 5.41) is 0. The molecule has 2 aromatic rings. The molecular weight excluding hydrogens is 440 g/mol. The number of nitrogens with zero attached hydrogens (tertiary/aromatic N) is 4. The molecule has 0 spiro atoms. The number of fused-ring (bicyclic) bond motifs is 1. The van der Waals surface area contributed by atoms with E-state index in [1.807, 2.05) is 11.0 Å². The molecule has 0 radical (unpaired) electrons. The molecule has 2 fully saturated rings. The molecule has 1 amide bonds. The molecule has 2 heterocycles. The number of hydrogen-bond donors (Lipinski definition) is 0. The fraction of sp³-hybridized carbons (Fsp3) is 0.667. The van der Waals surface area contributed by atoms with Crippen molar-refractivity contribution < 1.29 is 17.9 Å². The van der Waals surface area contributed by atoms with Crippen LogP contribution in [0.5, 0.6) is 0 Å². The molecule has 1 saturated heterocycles. The number of rotatable bonds is 9. The highest BCUT2D eigenvalue weighted by Gasteiger charge is 2.28. The van der Waals surface area contributed by atoms with Gasteiger partial charge in [-0.05, 0) is 44.4 Å². The van der Waals surface area contributed by atoms with Gasteiger partial charge < -0.3 is 14.2 Å². The smallest absolute Gasteiger partial charge is 0.243 e. The van der Waals surface area contributed by atoms with E-state index in [0.717, 1.165) is 43.7 Å². The molecule has 182 valence electrons. The second-order valence-electron chi connectivity index (χ2n) is 8.96. The van der Waals surface area contributed by atoms with Crippen molar-refractivity contribution in [1.82, 2.24) is 18.8 Å². The number of aryl methyl sites for hydroxylation is 2. The lowest BCUT2D eigenvalue weighted by Gasteiger charge is -2.27. The van der Waals surface area contributed by atoms with Crippen molar-refractivity contribution in [2.45, 2.75) is 76.3 Å². The van der Waals surface area contributed by atoms with Gasteiger partial charge in [0.05, 0.1) is 29.1 Å². The number of imidazole rings is 1. The average molecular weight is 477 g/mol. The third kappa shape index (κ3) is 5.10. The minimum Gasteiger partial charge on any atom is -0.379 e. The van der Waals surface area contributed by atoms with E-state index in [2.05, 4.69) is 18.4 Å². The summed E-state index contributed by atoms with van der Waals surface area (Å²) in [5.41, 5.74) is 1.59. The lowest BCUT2D eigenvalue weighted by Crippen LogP contribution is -2.40. The fourth-order valence-electron chi connectivity index (χ4n) is 5.14. The van der Waals surface area contributed by atoms with Crippen LogP contribution in [0.15, 0.2) is 23.1 Å². The van der Waals surface area contributed by atoms with Gasteiger partial charge >= 0.3 is 0 Å². The predicted molar refractivity (Wildman–Crippen MR) is 128 cm³/mol. The van der Waals surface area contributed by atoms with Crippen LogP contribution in [-0.4, -0.2) is 72.0 Å². The second kappa shape index (κ2) is 10.5. The van der Waals surface area contributed by atoms with E-state index in [-0.39, 0.29) is 10.8 Å². The molecule has 0 atom stereocenters. The summed E-state index contributed by atoms with van der Waals surface area (Å²) in [6, 6.07) is 5.58. The molecule has 0 N–H and O–H groups in total. The minimum atomic E-state index is -3.58. The van der Waals surface area contributed by atoms with Crippen LogP contribution in [0, 0.1) is 0 Å². The number of morpholine rings is 1. The Kier molecular flexibility index (Phi) is 7.71. The van der Waals surface area contributed by atoms with Gasteiger partial charge in [0.25, 0.3) is 0 Å². The maximum Gasteiger partial charge on any atom is 0.243 e.